The number of halogens is 1. The number of hydrogen-bond acceptors (Lipinski definition) is 3. The van der Waals surface area contributed by atoms with Crippen molar-refractivity contribution in [1.82, 2.24) is 10.2 Å². The summed E-state index contributed by atoms with van der Waals surface area (Å²) in [4.78, 5) is 26.5. The van der Waals surface area contributed by atoms with E-state index in [1.165, 1.54) is 5.56 Å². The SMILES string of the molecule is CNC(=O)[C@@H](C)N(Cc1ccccc1Cl)C(=O)CCCOc1ccc(C)cc1. The zero-order valence-corrected chi connectivity index (χ0v) is 17.3. The van der Waals surface area contributed by atoms with E-state index in [1.54, 1.807) is 24.9 Å². The molecule has 0 aliphatic heterocycles. The Labute approximate surface area is 171 Å². The summed E-state index contributed by atoms with van der Waals surface area (Å²) < 4.78 is 5.69. The molecule has 0 spiro atoms. The van der Waals surface area contributed by atoms with Crippen molar-refractivity contribution in [2.24, 2.45) is 0 Å². The van der Waals surface area contributed by atoms with Crippen LogP contribution in [0.5, 0.6) is 5.75 Å². The number of aryl methyl sites for hydroxylation is 1. The summed E-state index contributed by atoms with van der Waals surface area (Å²) in [6.45, 7) is 4.45. The van der Waals surface area contributed by atoms with E-state index >= 15 is 0 Å². The maximum absolute atomic E-state index is 12.8. The Hall–Kier alpha value is -2.53. The molecule has 5 nitrogen and oxygen atoms in total. The lowest BCUT2D eigenvalue weighted by Gasteiger charge is -2.28. The first kappa shape index (κ1) is 21.8. The third-order valence-corrected chi connectivity index (χ3v) is 4.91. The highest BCUT2D eigenvalue weighted by Gasteiger charge is 2.25. The summed E-state index contributed by atoms with van der Waals surface area (Å²) >= 11 is 6.24. The van der Waals surface area contributed by atoms with Gasteiger partial charge in [0.25, 0.3) is 0 Å². The van der Waals surface area contributed by atoms with Crippen molar-refractivity contribution in [3.8, 4) is 5.75 Å². The Kier molecular flexibility index (Phi) is 8.33. The monoisotopic (exact) mass is 402 g/mol. The van der Waals surface area contributed by atoms with Gasteiger partial charge in [0.15, 0.2) is 0 Å². The van der Waals surface area contributed by atoms with Gasteiger partial charge in [-0.15, -0.1) is 0 Å². The van der Waals surface area contributed by atoms with Crippen LogP contribution in [0.2, 0.25) is 5.02 Å². The van der Waals surface area contributed by atoms with Crippen LogP contribution in [0.1, 0.15) is 30.9 Å². The van der Waals surface area contributed by atoms with E-state index in [9.17, 15) is 9.59 Å². The summed E-state index contributed by atoms with van der Waals surface area (Å²) in [5.74, 6) is 0.463. The lowest BCUT2D eigenvalue weighted by molar-refractivity contribution is -0.140. The molecule has 0 bridgehead atoms. The van der Waals surface area contributed by atoms with Gasteiger partial charge in [-0.25, -0.2) is 0 Å². The van der Waals surface area contributed by atoms with Crippen LogP contribution in [0, 0.1) is 6.92 Å². The molecule has 150 valence electrons. The predicted molar refractivity (Wildman–Crippen MR) is 111 cm³/mol. The third-order valence-electron chi connectivity index (χ3n) is 4.54. The second kappa shape index (κ2) is 10.7. The summed E-state index contributed by atoms with van der Waals surface area (Å²) in [5.41, 5.74) is 1.98. The van der Waals surface area contributed by atoms with Crippen molar-refractivity contribution in [3.05, 3.63) is 64.7 Å². The molecule has 0 saturated heterocycles. The molecule has 28 heavy (non-hydrogen) atoms. The third kappa shape index (κ3) is 6.27. The van der Waals surface area contributed by atoms with Crippen molar-refractivity contribution < 1.29 is 14.3 Å². The van der Waals surface area contributed by atoms with Gasteiger partial charge in [-0.05, 0) is 44.0 Å². The molecule has 2 aromatic carbocycles. The number of benzene rings is 2. The quantitative estimate of drug-likeness (QED) is 0.645. The zero-order chi connectivity index (χ0) is 20.5. The molecule has 1 atom stereocenters. The second-order valence-corrected chi connectivity index (χ2v) is 7.08. The standard InChI is InChI=1S/C22H27ClN2O3/c1-16-10-12-19(13-11-16)28-14-6-9-21(26)25(17(2)22(27)24-3)15-18-7-4-5-8-20(18)23/h4-5,7-8,10-13,17H,6,9,14-15H2,1-3H3,(H,24,27)/t17-/m1/s1. The maximum Gasteiger partial charge on any atom is 0.242 e. The summed E-state index contributed by atoms with van der Waals surface area (Å²) in [7, 11) is 1.56. The molecule has 6 heteroatoms. The largest absolute Gasteiger partial charge is 0.494 e. The lowest BCUT2D eigenvalue weighted by atomic mass is 10.1. The van der Waals surface area contributed by atoms with E-state index in [0.29, 0.717) is 18.1 Å². The number of rotatable bonds is 9. The van der Waals surface area contributed by atoms with E-state index in [2.05, 4.69) is 5.32 Å². The van der Waals surface area contributed by atoms with Crippen LogP contribution in [0.4, 0.5) is 0 Å². The first-order chi connectivity index (χ1) is 13.4. The summed E-state index contributed by atoms with van der Waals surface area (Å²) in [6, 6.07) is 14.5. The van der Waals surface area contributed by atoms with Crippen molar-refractivity contribution in [2.75, 3.05) is 13.7 Å². The Morgan fingerprint density at radius 3 is 2.46 bits per heavy atom. The Morgan fingerprint density at radius 2 is 1.82 bits per heavy atom. The molecule has 0 aliphatic carbocycles. The van der Waals surface area contributed by atoms with Crippen molar-refractivity contribution in [3.63, 3.8) is 0 Å². The topological polar surface area (TPSA) is 58.6 Å². The highest BCUT2D eigenvalue weighted by Crippen LogP contribution is 2.19. The Morgan fingerprint density at radius 1 is 1.14 bits per heavy atom. The number of amides is 2. The first-order valence-electron chi connectivity index (χ1n) is 9.36. The summed E-state index contributed by atoms with van der Waals surface area (Å²) in [6.07, 6.45) is 0.851. The number of carbonyl (C=O) groups excluding carboxylic acids is 2. The highest BCUT2D eigenvalue weighted by molar-refractivity contribution is 6.31. The molecular weight excluding hydrogens is 376 g/mol. The number of hydrogen-bond donors (Lipinski definition) is 1. The second-order valence-electron chi connectivity index (χ2n) is 6.67. The minimum absolute atomic E-state index is 0.108. The van der Waals surface area contributed by atoms with E-state index in [0.717, 1.165) is 11.3 Å². The molecule has 2 aromatic rings. The van der Waals surface area contributed by atoms with Gasteiger partial charge in [0.2, 0.25) is 11.8 Å². The number of nitrogens with zero attached hydrogens (tertiary/aromatic N) is 1. The van der Waals surface area contributed by atoms with Gasteiger partial charge in [0, 0.05) is 25.0 Å². The van der Waals surface area contributed by atoms with Gasteiger partial charge >= 0.3 is 0 Å². The number of nitrogens with one attached hydrogen (secondary N) is 1. The fourth-order valence-corrected chi connectivity index (χ4v) is 2.99. The van der Waals surface area contributed by atoms with Crippen LogP contribution in [-0.4, -0.2) is 36.4 Å². The van der Waals surface area contributed by atoms with E-state index in [4.69, 9.17) is 16.3 Å². The first-order valence-corrected chi connectivity index (χ1v) is 9.74. The van der Waals surface area contributed by atoms with Gasteiger partial charge in [0.05, 0.1) is 6.61 Å². The minimum Gasteiger partial charge on any atom is -0.494 e. The fourth-order valence-electron chi connectivity index (χ4n) is 2.79. The lowest BCUT2D eigenvalue weighted by Crippen LogP contribution is -2.46. The van der Waals surface area contributed by atoms with Crippen LogP contribution in [0.25, 0.3) is 0 Å². The minimum atomic E-state index is -0.591. The molecule has 2 amide bonds. The summed E-state index contributed by atoms with van der Waals surface area (Å²) in [5, 5.41) is 3.18. The van der Waals surface area contributed by atoms with Gasteiger partial charge in [-0.1, -0.05) is 47.5 Å². The molecule has 0 unspecified atom stereocenters. The van der Waals surface area contributed by atoms with Crippen molar-refractivity contribution >= 4 is 23.4 Å². The van der Waals surface area contributed by atoms with E-state index < -0.39 is 6.04 Å². The number of likely N-dealkylation sites (N-methyl/N-ethyl adjacent to an activating group) is 1. The van der Waals surface area contributed by atoms with E-state index in [1.807, 2.05) is 49.4 Å². The zero-order valence-electron chi connectivity index (χ0n) is 16.6. The molecule has 1 N–H and O–H groups in total. The average Bonchev–Trinajstić information content (AvgIpc) is 2.70. The molecule has 0 heterocycles. The highest BCUT2D eigenvalue weighted by atomic mass is 35.5. The normalized spacial score (nSPS) is 11.6. The van der Waals surface area contributed by atoms with Crippen molar-refractivity contribution in [1.29, 1.82) is 0 Å². The average molecular weight is 403 g/mol. The van der Waals surface area contributed by atoms with Gasteiger partial charge < -0.3 is 15.0 Å². The molecule has 0 aromatic heterocycles. The molecule has 0 radical (unpaired) electrons. The van der Waals surface area contributed by atoms with Gasteiger partial charge in [0.1, 0.15) is 11.8 Å². The van der Waals surface area contributed by atoms with Gasteiger partial charge in [-0.3, -0.25) is 9.59 Å². The van der Waals surface area contributed by atoms with Crippen LogP contribution in [0.15, 0.2) is 48.5 Å². The van der Waals surface area contributed by atoms with Crippen LogP contribution < -0.4 is 10.1 Å². The smallest absolute Gasteiger partial charge is 0.242 e. The molecule has 0 fully saturated rings. The Bertz CT molecular complexity index is 793. The molecule has 0 saturated carbocycles. The number of ether oxygens (including phenoxy) is 1. The molecular formula is C22H27ClN2O3. The molecule has 0 aliphatic rings. The van der Waals surface area contributed by atoms with Crippen molar-refractivity contribution in [2.45, 2.75) is 39.3 Å². The predicted octanol–water partition coefficient (Wildman–Crippen LogP) is 3.97. The Balaban J connectivity index is 1.97. The van der Waals surface area contributed by atoms with Crippen LogP contribution in [-0.2, 0) is 16.1 Å². The molecule has 2 rings (SSSR count). The number of carbonyl (C=O) groups is 2. The maximum atomic E-state index is 12.8. The van der Waals surface area contributed by atoms with Crippen LogP contribution in [0.3, 0.4) is 0 Å². The van der Waals surface area contributed by atoms with Gasteiger partial charge in [-0.2, -0.15) is 0 Å². The fraction of sp³-hybridized carbons (Fsp3) is 0.364. The van der Waals surface area contributed by atoms with Crippen LogP contribution >= 0.6 is 11.6 Å². The van der Waals surface area contributed by atoms with E-state index in [-0.39, 0.29) is 24.8 Å².